The second kappa shape index (κ2) is 12.0. The average Bonchev–Trinajstić information content (AvgIpc) is 3.39. The van der Waals surface area contributed by atoms with E-state index in [-0.39, 0.29) is 17.2 Å². The lowest BCUT2D eigenvalue weighted by Crippen LogP contribution is -2.24. The standard InChI is InChI=1S/C32H33N7O2S/c1-22-29(31(41)39(37(22)6)27-10-8-7-9-11-27)34-32-38(33-21-24-14-18-26(19-15-24)36(4)5)30(40)28(42-32)20-23-12-16-25(17-13-23)35(2)3/h7-21H,1-6H3. The van der Waals surface area contributed by atoms with E-state index >= 15 is 0 Å². The molecule has 1 saturated heterocycles. The molecule has 0 aliphatic carbocycles. The van der Waals surface area contributed by atoms with Crippen LogP contribution in [0.1, 0.15) is 16.8 Å². The molecule has 42 heavy (non-hydrogen) atoms. The number of anilines is 2. The molecule has 214 valence electrons. The van der Waals surface area contributed by atoms with Crippen molar-refractivity contribution in [2.24, 2.45) is 17.1 Å². The molecule has 3 aromatic carbocycles. The van der Waals surface area contributed by atoms with Crippen molar-refractivity contribution in [1.29, 1.82) is 0 Å². The number of thioether (sulfide) groups is 1. The summed E-state index contributed by atoms with van der Waals surface area (Å²) in [6.45, 7) is 1.84. The summed E-state index contributed by atoms with van der Waals surface area (Å²) < 4.78 is 3.33. The number of hydrogen-bond donors (Lipinski definition) is 0. The number of amides is 1. The minimum Gasteiger partial charge on any atom is -0.378 e. The predicted molar refractivity (Wildman–Crippen MR) is 174 cm³/mol. The van der Waals surface area contributed by atoms with Crippen molar-refractivity contribution in [2.45, 2.75) is 6.92 Å². The molecule has 0 radical (unpaired) electrons. The lowest BCUT2D eigenvalue weighted by Gasteiger charge is -2.12. The van der Waals surface area contributed by atoms with Gasteiger partial charge in [-0.25, -0.2) is 9.67 Å². The van der Waals surface area contributed by atoms with Gasteiger partial charge >= 0.3 is 0 Å². The third-order valence-electron chi connectivity index (χ3n) is 6.96. The van der Waals surface area contributed by atoms with E-state index in [1.54, 1.807) is 15.6 Å². The van der Waals surface area contributed by atoms with Gasteiger partial charge in [0.1, 0.15) is 0 Å². The highest BCUT2D eigenvalue weighted by Gasteiger charge is 2.34. The number of carbonyl (C=O) groups excluding carboxylic acids is 1. The zero-order chi connectivity index (χ0) is 30.0. The molecule has 1 aliphatic rings. The van der Waals surface area contributed by atoms with Crippen LogP contribution in [-0.2, 0) is 11.8 Å². The van der Waals surface area contributed by atoms with E-state index < -0.39 is 0 Å². The zero-order valence-electron chi connectivity index (χ0n) is 24.5. The third-order valence-corrected chi connectivity index (χ3v) is 7.92. The van der Waals surface area contributed by atoms with Gasteiger partial charge in [-0.1, -0.05) is 42.5 Å². The maximum atomic E-state index is 13.7. The summed E-state index contributed by atoms with van der Waals surface area (Å²) in [5.74, 6) is -0.312. The van der Waals surface area contributed by atoms with Crippen LogP contribution in [0.2, 0.25) is 0 Å². The highest BCUT2D eigenvalue weighted by molar-refractivity contribution is 8.18. The van der Waals surface area contributed by atoms with Crippen molar-refractivity contribution >= 4 is 52.2 Å². The van der Waals surface area contributed by atoms with Gasteiger partial charge in [0.25, 0.3) is 11.5 Å². The molecule has 0 spiro atoms. The fourth-order valence-corrected chi connectivity index (χ4v) is 5.34. The molecule has 4 aromatic rings. The zero-order valence-corrected chi connectivity index (χ0v) is 25.3. The first kappa shape index (κ1) is 28.7. The summed E-state index contributed by atoms with van der Waals surface area (Å²) in [4.78, 5) is 36.5. The molecule has 0 unspecified atom stereocenters. The third kappa shape index (κ3) is 5.80. The van der Waals surface area contributed by atoms with E-state index in [1.807, 2.05) is 137 Å². The Hall–Kier alpha value is -4.83. The van der Waals surface area contributed by atoms with Crippen molar-refractivity contribution in [1.82, 2.24) is 14.4 Å². The number of aliphatic imine (C=N–C) groups is 1. The smallest absolute Gasteiger partial charge is 0.297 e. The second-order valence-electron chi connectivity index (χ2n) is 10.2. The van der Waals surface area contributed by atoms with Gasteiger partial charge in [0.2, 0.25) is 0 Å². The Balaban J connectivity index is 1.56. The van der Waals surface area contributed by atoms with Gasteiger partial charge in [-0.15, -0.1) is 0 Å². The molecule has 1 fully saturated rings. The number of hydrazone groups is 1. The normalized spacial score (nSPS) is 15.4. The van der Waals surface area contributed by atoms with Crippen molar-refractivity contribution in [3.63, 3.8) is 0 Å². The number of carbonyl (C=O) groups is 1. The maximum absolute atomic E-state index is 13.7. The van der Waals surface area contributed by atoms with Crippen LogP contribution >= 0.6 is 11.8 Å². The maximum Gasteiger partial charge on any atom is 0.297 e. The first-order valence-corrected chi connectivity index (χ1v) is 14.2. The van der Waals surface area contributed by atoms with Crippen LogP contribution in [-0.4, -0.2) is 59.9 Å². The molecule has 2 heterocycles. The van der Waals surface area contributed by atoms with Crippen LogP contribution < -0.4 is 15.4 Å². The van der Waals surface area contributed by atoms with Crippen LogP contribution in [0.4, 0.5) is 17.1 Å². The highest BCUT2D eigenvalue weighted by atomic mass is 32.2. The molecular weight excluding hydrogens is 546 g/mol. The minimum absolute atomic E-state index is 0.253. The lowest BCUT2D eigenvalue weighted by molar-refractivity contribution is -0.122. The van der Waals surface area contributed by atoms with E-state index in [4.69, 9.17) is 4.99 Å². The quantitative estimate of drug-likeness (QED) is 0.221. The molecule has 5 rings (SSSR count). The molecule has 0 N–H and O–H groups in total. The Morgan fingerprint density at radius 2 is 1.36 bits per heavy atom. The molecule has 1 amide bonds. The van der Waals surface area contributed by atoms with E-state index in [9.17, 15) is 9.59 Å². The van der Waals surface area contributed by atoms with Crippen molar-refractivity contribution < 1.29 is 4.79 Å². The van der Waals surface area contributed by atoms with E-state index in [2.05, 4.69) is 5.10 Å². The molecule has 0 atom stereocenters. The number of rotatable bonds is 7. The van der Waals surface area contributed by atoms with Crippen LogP contribution in [0, 0.1) is 6.92 Å². The summed E-state index contributed by atoms with van der Waals surface area (Å²) in [7, 11) is 9.73. The van der Waals surface area contributed by atoms with Crippen molar-refractivity contribution in [3.05, 3.63) is 111 Å². The molecule has 0 saturated carbocycles. The van der Waals surface area contributed by atoms with Crippen LogP contribution in [0.5, 0.6) is 0 Å². The molecule has 1 aliphatic heterocycles. The topological polar surface area (TPSA) is 78.4 Å². The van der Waals surface area contributed by atoms with Crippen molar-refractivity contribution in [3.8, 4) is 5.69 Å². The second-order valence-corrected chi connectivity index (χ2v) is 11.3. The predicted octanol–water partition coefficient (Wildman–Crippen LogP) is 5.25. The summed E-state index contributed by atoms with van der Waals surface area (Å²) in [5, 5.41) is 6.11. The lowest BCUT2D eigenvalue weighted by atomic mass is 10.2. The number of amidine groups is 1. The summed E-state index contributed by atoms with van der Waals surface area (Å²) in [6, 6.07) is 25.2. The van der Waals surface area contributed by atoms with Gasteiger partial charge in [-0.05, 0) is 72.3 Å². The number of para-hydroxylation sites is 1. The Morgan fingerprint density at radius 1 is 0.786 bits per heavy atom. The van der Waals surface area contributed by atoms with Crippen molar-refractivity contribution in [2.75, 3.05) is 38.0 Å². The van der Waals surface area contributed by atoms with Gasteiger partial charge < -0.3 is 9.80 Å². The number of nitrogens with zero attached hydrogens (tertiary/aromatic N) is 7. The average molecular weight is 580 g/mol. The summed E-state index contributed by atoms with van der Waals surface area (Å²) >= 11 is 1.20. The number of hydrogen-bond acceptors (Lipinski definition) is 7. The fraction of sp³-hybridized carbons (Fsp3) is 0.188. The van der Waals surface area contributed by atoms with E-state index in [1.165, 1.54) is 16.8 Å². The monoisotopic (exact) mass is 579 g/mol. The molecular formula is C32H33N7O2S. The number of benzene rings is 3. The summed E-state index contributed by atoms with van der Waals surface area (Å²) in [5.41, 5.74) is 5.20. The Bertz CT molecular complexity index is 1750. The van der Waals surface area contributed by atoms with Crippen LogP contribution in [0.25, 0.3) is 11.8 Å². The van der Waals surface area contributed by atoms with Gasteiger partial charge in [0, 0.05) is 46.6 Å². The van der Waals surface area contributed by atoms with Gasteiger partial charge in [-0.3, -0.25) is 14.3 Å². The van der Waals surface area contributed by atoms with Crippen LogP contribution in [0.3, 0.4) is 0 Å². The highest BCUT2D eigenvalue weighted by Crippen LogP contribution is 2.35. The van der Waals surface area contributed by atoms with Gasteiger partial charge in [0.15, 0.2) is 10.9 Å². The Morgan fingerprint density at radius 3 is 1.93 bits per heavy atom. The van der Waals surface area contributed by atoms with Gasteiger partial charge in [-0.2, -0.15) is 10.1 Å². The SMILES string of the molecule is Cc1c(N=C2SC(=Cc3ccc(N(C)C)cc3)C(=O)N2N=Cc2ccc(N(C)C)cc2)c(=O)n(-c2ccccc2)n1C. The Kier molecular flexibility index (Phi) is 8.17. The van der Waals surface area contributed by atoms with Gasteiger partial charge in [0.05, 0.1) is 22.5 Å². The van der Waals surface area contributed by atoms with E-state index in [0.29, 0.717) is 15.8 Å². The number of aromatic nitrogens is 2. The van der Waals surface area contributed by atoms with E-state index in [0.717, 1.165) is 28.2 Å². The first-order chi connectivity index (χ1) is 20.1. The largest absolute Gasteiger partial charge is 0.378 e. The van der Waals surface area contributed by atoms with Crippen LogP contribution in [0.15, 0.2) is 98.7 Å². The minimum atomic E-state index is -0.312. The molecule has 9 nitrogen and oxygen atoms in total. The Labute approximate surface area is 249 Å². The first-order valence-electron chi connectivity index (χ1n) is 13.4. The molecule has 10 heteroatoms. The summed E-state index contributed by atoms with van der Waals surface area (Å²) in [6.07, 6.45) is 3.45. The molecule has 1 aromatic heterocycles. The fourth-order valence-electron chi connectivity index (χ4n) is 4.42. The molecule has 0 bridgehead atoms.